The first-order valence-corrected chi connectivity index (χ1v) is 12.1. The van der Waals surface area contributed by atoms with Gasteiger partial charge >= 0.3 is 6.09 Å². The van der Waals surface area contributed by atoms with Crippen LogP contribution in [0.2, 0.25) is 0 Å². The number of halogens is 2. The van der Waals surface area contributed by atoms with Gasteiger partial charge in [-0.1, -0.05) is 74.5 Å². The molecule has 2 unspecified atom stereocenters. The van der Waals surface area contributed by atoms with Crippen molar-refractivity contribution in [1.29, 1.82) is 0 Å². The summed E-state index contributed by atoms with van der Waals surface area (Å²) in [5.41, 5.74) is 1.46. The van der Waals surface area contributed by atoms with E-state index in [4.69, 9.17) is 4.74 Å². The molecule has 3 amide bonds. The quantitative estimate of drug-likeness (QED) is 0.324. The number of ether oxygens (including phenoxy) is 1. The van der Waals surface area contributed by atoms with E-state index in [1.165, 1.54) is 6.92 Å². The third-order valence-corrected chi connectivity index (χ3v) is 5.53. The standard InChI is InChI=1S/C27H35F2N3O5/c1-18(2)14-22(32-26(36)37-16-21-12-8-5-9-13-21)24(34)27(28,29)17-30-25(35)19(3)31-23(33)15-20-10-6-4-7-11-20/h4-13,18-19,22,24,34H,14-17H2,1-3H3,(H,30,35)(H,31,33)(H,32,36)/t19-,22?,24?/m1/s1. The Labute approximate surface area is 215 Å². The van der Waals surface area contributed by atoms with Gasteiger partial charge in [0.15, 0.2) is 0 Å². The lowest BCUT2D eigenvalue weighted by molar-refractivity contribution is -0.136. The minimum absolute atomic E-state index is 0.0380. The first-order valence-electron chi connectivity index (χ1n) is 12.1. The van der Waals surface area contributed by atoms with Gasteiger partial charge in [-0.05, 0) is 30.4 Å². The Morgan fingerprint density at radius 3 is 2.05 bits per heavy atom. The molecule has 2 rings (SSSR count). The lowest BCUT2D eigenvalue weighted by Crippen LogP contribution is -2.57. The number of aliphatic hydroxyl groups excluding tert-OH is 1. The van der Waals surface area contributed by atoms with Crippen LogP contribution in [-0.4, -0.2) is 53.7 Å². The number of rotatable bonds is 13. The monoisotopic (exact) mass is 519 g/mol. The molecular weight excluding hydrogens is 484 g/mol. The molecule has 0 saturated heterocycles. The van der Waals surface area contributed by atoms with Crippen molar-refractivity contribution in [3.05, 3.63) is 71.8 Å². The van der Waals surface area contributed by atoms with Gasteiger partial charge in [-0.3, -0.25) is 9.59 Å². The fraction of sp³-hybridized carbons (Fsp3) is 0.444. The number of hydrogen-bond acceptors (Lipinski definition) is 5. The van der Waals surface area contributed by atoms with Crippen LogP contribution in [0.3, 0.4) is 0 Å². The lowest BCUT2D eigenvalue weighted by Gasteiger charge is -2.31. The maximum absolute atomic E-state index is 14.8. The highest BCUT2D eigenvalue weighted by atomic mass is 19.3. The van der Waals surface area contributed by atoms with E-state index in [-0.39, 0.29) is 25.4 Å². The Hall–Kier alpha value is -3.53. The Morgan fingerprint density at radius 1 is 0.919 bits per heavy atom. The molecule has 0 bridgehead atoms. The van der Waals surface area contributed by atoms with Crippen LogP contribution in [0.5, 0.6) is 0 Å². The molecule has 37 heavy (non-hydrogen) atoms. The van der Waals surface area contributed by atoms with E-state index in [1.54, 1.807) is 74.5 Å². The van der Waals surface area contributed by atoms with Crippen LogP contribution in [0.25, 0.3) is 0 Å². The summed E-state index contributed by atoms with van der Waals surface area (Å²) in [6.45, 7) is 3.66. The van der Waals surface area contributed by atoms with Crippen molar-refractivity contribution in [3.63, 3.8) is 0 Å². The maximum Gasteiger partial charge on any atom is 0.407 e. The third-order valence-electron chi connectivity index (χ3n) is 5.53. The van der Waals surface area contributed by atoms with Crippen LogP contribution in [-0.2, 0) is 27.4 Å². The minimum Gasteiger partial charge on any atom is -0.445 e. The summed E-state index contributed by atoms with van der Waals surface area (Å²) in [5.74, 6) is -5.16. The van der Waals surface area contributed by atoms with E-state index in [9.17, 15) is 28.3 Å². The molecule has 4 N–H and O–H groups in total. The van der Waals surface area contributed by atoms with Crippen LogP contribution in [0.1, 0.15) is 38.3 Å². The number of nitrogens with one attached hydrogen (secondary N) is 3. The van der Waals surface area contributed by atoms with Crippen molar-refractivity contribution < 1.29 is 33.0 Å². The summed E-state index contributed by atoms with van der Waals surface area (Å²) in [4.78, 5) is 36.7. The van der Waals surface area contributed by atoms with E-state index < -0.39 is 48.6 Å². The largest absolute Gasteiger partial charge is 0.445 e. The predicted molar refractivity (Wildman–Crippen MR) is 135 cm³/mol. The van der Waals surface area contributed by atoms with Crippen LogP contribution in [0.15, 0.2) is 60.7 Å². The Kier molecular flexibility index (Phi) is 11.5. The van der Waals surface area contributed by atoms with Crippen molar-refractivity contribution in [2.45, 2.75) is 64.3 Å². The maximum atomic E-state index is 14.8. The van der Waals surface area contributed by atoms with Crippen LogP contribution < -0.4 is 16.0 Å². The van der Waals surface area contributed by atoms with Gasteiger partial charge in [-0.15, -0.1) is 0 Å². The number of carbonyl (C=O) groups is 3. The second kappa shape index (κ2) is 14.3. The first-order chi connectivity index (χ1) is 17.5. The van der Waals surface area contributed by atoms with Crippen LogP contribution >= 0.6 is 0 Å². The molecule has 3 atom stereocenters. The third kappa shape index (κ3) is 10.5. The summed E-state index contributed by atoms with van der Waals surface area (Å²) in [6, 6.07) is 15.3. The average molecular weight is 520 g/mol. The molecule has 2 aromatic rings. The second-order valence-electron chi connectivity index (χ2n) is 9.32. The second-order valence-corrected chi connectivity index (χ2v) is 9.32. The minimum atomic E-state index is -3.77. The molecule has 0 aromatic heterocycles. The Morgan fingerprint density at radius 2 is 1.49 bits per heavy atom. The zero-order valence-electron chi connectivity index (χ0n) is 21.2. The normalized spacial score (nSPS) is 13.8. The number of hydrogen-bond donors (Lipinski definition) is 4. The molecule has 0 aliphatic rings. The SMILES string of the molecule is CC(C)CC(NC(=O)OCc1ccccc1)C(O)C(F)(F)CNC(=O)[C@@H](C)NC(=O)Cc1ccccc1. The highest BCUT2D eigenvalue weighted by Crippen LogP contribution is 2.24. The summed E-state index contributed by atoms with van der Waals surface area (Å²) in [5, 5.41) is 17.3. The van der Waals surface area contributed by atoms with E-state index in [2.05, 4.69) is 16.0 Å². The van der Waals surface area contributed by atoms with Crippen molar-refractivity contribution in [1.82, 2.24) is 16.0 Å². The van der Waals surface area contributed by atoms with E-state index in [0.717, 1.165) is 11.1 Å². The van der Waals surface area contributed by atoms with Crippen molar-refractivity contribution in [2.75, 3.05) is 6.54 Å². The molecule has 0 heterocycles. The fourth-order valence-electron chi connectivity index (χ4n) is 3.59. The van der Waals surface area contributed by atoms with Crippen LogP contribution in [0.4, 0.5) is 13.6 Å². The molecule has 0 aliphatic heterocycles. The number of amides is 3. The van der Waals surface area contributed by atoms with Gasteiger partial charge in [0.05, 0.1) is 19.0 Å². The number of aliphatic hydroxyl groups is 1. The molecular formula is C27H35F2N3O5. The summed E-state index contributed by atoms with van der Waals surface area (Å²) < 4.78 is 34.8. The van der Waals surface area contributed by atoms with Gasteiger partial charge in [0.25, 0.3) is 5.92 Å². The van der Waals surface area contributed by atoms with Gasteiger partial charge in [0, 0.05) is 0 Å². The van der Waals surface area contributed by atoms with Crippen molar-refractivity contribution >= 4 is 17.9 Å². The molecule has 202 valence electrons. The Balaban J connectivity index is 1.89. The smallest absolute Gasteiger partial charge is 0.407 e. The molecule has 0 aliphatic carbocycles. The van der Waals surface area contributed by atoms with Crippen molar-refractivity contribution in [3.8, 4) is 0 Å². The summed E-state index contributed by atoms with van der Waals surface area (Å²) in [7, 11) is 0. The van der Waals surface area contributed by atoms with Crippen LogP contribution in [0, 0.1) is 5.92 Å². The summed E-state index contributed by atoms with van der Waals surface area (Å²) in [6.07, 6.45) is -3.14. The van der Waals surface area contributed by atoms with E-state index in [1.807, 2.05) is 0 Å². The lowest BCUT2D eigenvalue weighted by atomic mass is 9.95. The fourth-order valence-corrected chi connectivity index (χ4v) is 3.59. The molecule has 2 aromatic carbocycles. The van der Waals surface area contributed by atoms with Gasteiger partial charge < -0.3 is 25.8 Å². The zero-order chi connectivity index (χ0) is 27.4. The number of alkyl carbamates (subject to hydrolysis) is 1. The Bertz CT molecular complexity index is 1010. The molecule has 0 fully saturated rings. The first kappa shape index (κ1) is 29.7. The van der Waals surface area contributed by atoms with E-state index in [0.29, 0.717) is 0 Å². The summed E-state index contributed by atoms with van der Waals surface area (Å²) >= 11 is 0. The average Bonchev–Trinajstić information content (AvgIpc) is 2.86. The van der Waals surface area contributed by atoms with E-state index >= 15 is 0 Å². The van der Waals surface area contributed by atoms with Gasteiger partial charge in [0.1, 0.15) is 18.8 Å². The number of alkyl halides is 2. The topological polar surface area (TPSA) is 117 Å². The number of carbonyl (C=O) groups excluding carboxylic acids is 3. The van der Waals surface area contributed by atoms with Crippen molar-refractivity contribution in [2.24, 2.45) is 5.92 Å². The highest BCUT2D eigenvalue weighted by molar-refractivity contribution is 5.88. The van der Waals surface area contributed by atoms with Gasteiger partial charge in [-0.25, -0.2) is 13.6 Å². The molecule has 10 heteroatoms. The van der Waals surface area contributed by atoms with Gasteiger partial charge in [-0.2, -0.15) is 0 Å². The number of benzene rings is 2. The van der Waals surface area contributed by atoms with Gasteiger partial charge in [0.2, 0.25) is 11.8 Å². The molecule has 0 radical (unpaired) electrons. The molecule has 0 spiro atoms. The molecule has 8 nitrogen and oxygen atoms in total. The highest BCUT2D eigenvalue weighted by Gasteiger charge is 2.44. The predicted octanol–water partition coefficient (Wildman–Crippen LogP) is 3.19. The molecule has 0 saturated carbocycles. The zero-order valence-corrected chi connectivity index (χ0v) is 21.2.